The van der Waals surface area contributed by atoms with Gasteiger partial charge in [-0.25, -0.2) is 0 Å². The van der Waals surface area contributed by atoms with Crippen LogP contribution in [0.1, 0.15) is 31.7 Å². The van der Waals surface area contributed by atoms with E-state index in [0.29, 0.717) is 18.6 Å². The predicted octanol–water partition coefficient (Wildman–Crippen LogP) is 3.19. The van der Waals surface area contributed by atoms with Crippen LogP contribution in [0, 0.1) is 6.92 Å². The lowest BCUT2D eigenvalue weighted by Crippen LogP contribution is -2.20. The van der Waals surface area contributed by atoms with Gasteiger partial charge in [-0.3, -0.25) is 4.79 Å². The van der Waals surface area contributed by atoms with Crippen molar-refractivity contribution in [2.24, 2.45) is 0 Å². The van der Waals surface area contributed by atoms with Gasteiger partial charge < -0.3 is 4.90 Å². The highest BCUT2D eigenvalue weighted by Crippen LogP contribution is 2.13. The van der Waals surface area contributed by atoms with Crippen LogP contribution < -0.4 is 4.90 Å². The van der Waals surface area contributed by atoms with Gasteiger partial charge >= 0.3 is 0 Å². The molecule has 0 heterocycles. The Morgan fingerprint density at radius 1 is 1.19 bits per heavy atom. The molecule has 0 bridgehead atoms. The zero-order chi connectivity index (χ0) is 12.0. The fourth-order valence-electron chi connectivity index (χ4n) is 1.62. The average molecular weight is 219 g/mol. The standard InChI is InChI=1S/C14H21NO/c1-4-5-14(16)10-11-15(3)13-8-6-12(2)7-9-13/h6-9H,4-5,10-11H2,1-3H3. The molecule has 0 aliphatic heterocycles. The molecule has 0 aliphatic carbocycles. The van der Waals surface area contributed by atoms with Crippen LogP contribution in [0.3, 0.4) is 0 Å². The average Bonchev–Trinajstić information content (AvgIpc) is 2.27. The Kier molecular flexibility index (Phi) is 5.03. The monoisotopic (exact) mass is 219 g/mol. The third kappa shape index (κ3) is 4.05. The maximum absolute atomic E-state index is 11.4. The number of hydrogen-bond donors (Lipinski definition) is 0. The third-order valence-electron chi connectivity index (χ3n) is 2.73. The highest BCUT2D eigenvalue weighted by atomic mass is 16.1. The van der Waals surface area contributed by atoms with Crippen molar-refractivity contribution < 1.29 is 4.79 Å². The Bertz CT molecular complexity index is 329. The topological polar surface area (TPSA) is 20.3 Å². The molecule has 1 aromatic rings. The van der Waals surface area contributed by atoms with E-state index in [0.717, 1.165) is 13.0 Å². The molecule has 0 radical (unpaired) electrons. The van der Waals surface area contributed by atoms with E-state index in [2.05, 4.69) is 36.1 Å². The number of benzene rings is 1. The normalized spacial score (nSPS) is 10.2. The molecule has 1 aromatic carbocycles. The van der Waals surface area contributed by atoms with E-state index in [1.165, 1.54) is 11.3 Å². The smallest absolute Gasteiger partial charge is 0.134 e. The summed E-state index contributed by atoms with van der Waals surface area (Å²) in [6.07, 6.45) is 2.31. The molecule has 2 nitrogen and oxygen atoms in total. The van der Waals surface area contributed by atoms with E-state index in [1.54, 1.807) is 0 Å². The summed E-state index contributed by atoms with van der Waals surface area (Å²) in [6, 6.07) is 8.39. The Morgan fingerprint density at radius 2 is 1.81 bits per heavy atom. The molecule has 16 heavy (non-hydrogen) atoms. The first-order chi connectivity index (χ1) is 7.63. The van der Waals surface area contributed by atoms with Gasteiger partial charge in [-0.15, -0.1) is 0 Å². The molecule has 0 fully saturated rings. The van der Waals surface area contributed by atoms with Crippen LogP contribution in [0.15, 0.2) is 24.3 Å². The van der Waals surface area contributed by atoms with Crippen molar-refractivity contribution >= 4 is 11.5 Å². The Balaban J connectivity index is 2.43. The quantitative estimate of drug-likeness (QED) is 0.732. The van der Waals surface area contributed by atoms with E-state index in [4.69, 9.17) is 0 Å². The molecule has 0 atom stereocenters. The number of aryl methyl sites for hydroxylation is 1. The van der Waals surface area contributed by atoms with Crippen molar-refractivity contribution in [2.45, 2.75) is 33.1 Å². The zero-order valence-electron chi connectivity index (χ0n) is 10.5. The maximum Gasteiger partial charge on any atom is 0.134 e. The van der Waals surface area contributed by atoms with Crippen molar-refractivity contribution in [1.29, 1.82) is 0 Å². The molecule has 0 amide bonds. The molecule has 88 valence electrons. The van der Waals surface area contributed by atoms with E-state index in [1.807, 2.05) is 14.0 Å². The molecular formula is C14H21NO. The minimum atomic E-state index is 0.362. The van der Waals surface area contributed by atoms with Gasteiger partial charge in [0.2, 0.25) is 0 Å². The van der Waals surface area contributed by atoms with Crippen LogP contribution in [0.4, 0.5) is 5.69 Å². The zero-order valence-corrected chi connectivity index (χ0v) is 10.5. The number of rotatable bonds is 6. The molecule has 0 aromatic heterocycles. The van der Waals surface area contributed by atoms with Gasteiger partial charge in [-0.05, 0) is 25.5 Å². The van der Waals surface area contributed by atoms with Crippen molar-refractivity contribution in [2.75, 3.05) is 18.5 Å². The van der Waals surface area contributed by atoms with Crippen LogP contribution in [-0.2, 0) is 4.79 Å². The summed E-state index contributed by atoms with van der Waals surface area (Å²) in [6.45, 7) is 4.93. The lowest BCUT2D eigenvalue weighted by atomic mass is 10.1. The van der Waals surface area contributed by atoms with E-state index >= 15 is 0 Å². The largest absolute Gasteiger partial charge is 0.374 e. The fourth-order valence-corrected chi connectivity index (χ4v) is 1.62. The van der Waals surface area contributed by atoms with Gasteiger partial charge in [0.05, 0.1) is 0 Å². The molecule has 0 N–H and O–H groups in total. The number of hydrogen-bond acceptors (Lipinski definition) is 2. The number of anilines is 1. The van der Waals surface area contributed by atoms with E-state index < -0.39 is 0 Å². The van der Waals surface area contributed by atoms with Gasteiger partial charge in [0.1, 0.15) is 5.78 Å². The summed E-state index contributed by atoms with van der Waals surface area (Å²) in [4.78, 5) is 13.5. The molecule has 0 aliphatic rings. The lowest BCUT2D eigenvalue weighted by molar-refractivity contribution is -0.118. The maximum atomic E-state index is 11.4. The van der Waals surface area contributed by atoms with Gasteiger partial charge in [0.25, 0.3) is 0 Å². The van der Waals surface area contributed by atoms with E-state index in [9.17, 15) is 4.79 Å². The van der Waals surface area contributed by atoms with Crippen LogP contribution in [0.5, 0.6) is 0 Å². The van der Waals surface area contributed by atoms with Gasteiger partial charge in [0.15, 0.2) is 0 Å². The summed E-state index contributed by atoms with van der Waals surface area (Å²) >= 11 is 0. The Hall–Kier alpha value is -1.31. The predicted molar refractivity (Wildman–Crippen MR) is 69.0 cm³/mol. The summed E-state index contributed by atoms with van der Waals surface area (Å²) < 4.78 is 0. The molecule has 1 rings (SSSR count). The Labute approximate surface area is 98.3 Å². The second kappa shape index (κ2) is 6.31. The first kappa shape index (κ1) is 12.8. The second-order valence-corrected chi connectivity index (χ2v) is 4.30. The summed E-state index contributed by atoms with van der Waals surface area (Å²) in [7, 11) is 2.03. The van der Waals surface area contributed by atoms with Crippen molar-refractivity contribution in [1.82, 2.24) is 0 Å². The summed E-state index contributed by atoms with van der Waals surface area (Å²) in [5.41, 5.74) is 2.44. The molecule has 0 saturated heterocycles. The highest BCUT2D eigenvalue weighted by molar-refractivity contribution is 5.78. The number of nitrogens with zero attached hydrogens (tertiary/aromatic N) is 1. The van der Waals surface area contributed by atoms with Crippen LogP contribution in [0.25, 0.3) is 0 Å². The highest BCUT2D eigenvalue weighted by Gasteiger charge is 2.04. The molecular weight excluding hydrogens is 198 g/mol. The first-order valence-corrected chi connectivity index (χ1v) is 5.93. The third-order valence-corrected chi connectivity index (χ3v) is 2.73. The minimum Gasteiger partial charge on any atom is -0.374 e. The number of carbonyl (C=O) groups excluding carboxylic acids is 1. The van der Waals surface area contributed by atoms with Crippen LogP contribution in [0.2, 0.25) is 0 Å². The fraction of sp³-hybridized carbons (Fsp3) is 0.500. The number of carbonyl (C=O) groups is 1. The molecule has 0 unspecified atom stereocenters. The first-order valence-electron chi connectivity index (χ1n) is 5.93. The summed E-state index contributed by atoms with van der Waals surface area (Å²) in [5.74, 6) is 0.362. The van der Waals surface area contributed by atoms with Crippen LogP contribution in [-0.4, -0.2) is 19.4 Å². The van der Waals surface area contributed by atoms with E-state index in [-0.39, 0.29) is 0 Å². The minimum absolute atomic E-state index is 0.362. The van der Waals surface area contributed by atoms with Crippen molar-refractivity contribution in [3.05, 3.63) is 29.8 Å². The van der Waals surface area contributed by atoms with Crippen LogP contribution >= 0.6 is 0 Å². The van der Waals surface area contributed by atoms with Gasteiger partial charge in [-0.1, -0.05) is 24.6 Å². The summed E-state index contributed by atoms with van der Waals surface area (Å²) in [5, 5.41) is 0. The Morgan fingerprint density at radius 3 is 2.38 bits per heavy atom. The lowest BCUT2D eigenvalue weighted by Gasteiger charge is -2.18. The molecule has 0 saturated carbocycles. The van der Waals surface area contributed by atoms with Crippen molar-refractivity contribution in [3.8, 4) is 0 Å². The number of Topliss-reactive ketones (excluding diaryl/α,β-unsaturated/α-hetero) is 1. The second-order valence-electron chi connectivity index (χ2n) is 4.30. The number of ketones is 1. The van der Waals surface area contributed by atoms with Gasteiger partial charge in [-0.2, -0.15) is 0 Å². The molecule has 2 heteroatoms. The SMILES string of the molecule is CCCC(=O)CCN(C)c1ccc(C)cc1. The van der Waals surface area contributed by atoms with Crippen molar-refractivity contribution in [3.63, 3.8) is 0 Å². The van der Waals surface area contributed by atoms with Gasteiger partial charge in [0, 0.05) is 32.1 Å². The molecule has 0 spiro atoms.